The van der Waals surface area contributed by atoms with Gasteiger partial charge in [-0.25, -0.2) is 4.79 Å². The minimum atomic E-state index is -0.304. The molecule has 1 aromatic heterocycles. The van der Waals surface area contributed by atoms with Crippen LogP contribution in [0.1, 0.15) is 34.6 Å². The smallest absolute Gasteiger partial charge is 0.337 e. The Morgan fingerprint density at radius 2 is 2.00 bits per heavy atom. The fourth-order valence-corrected chi connectivity index (χ4v) is 2.17. The summed E-state index contributed by atoms with van der Waals surface area (Å²) in [5, 5.41) is 3.24. The molecule has 0 aliphatic carbocycles. The maximum atomic E-state index is 11.4. The molecule has 0 saturated carbocycles. The van der Waals surface area contributed by atoms with E-state index in [0.29, 0.717) is 11.6 Å². The first-order valence-electron chi connectivity index (χ1n) is 6.65. The second-order valence-corrected chi connectivity index (χ2v) is 4.76. The van der Waals surface area contributed by atoms with Gasteiger partial charge >= 0.3 is 5.97 Å². The zero-order chi connectivity index (χ0) is 14.5. The number of aromatic nitrogens is 1. The van der Waals surface area contributed by atoms with Crippen LogP contribution in [0.3, 0.4) is 0 Å². The van der Waals surface area contributed by atoms with Crippen LogP contribution in [0.2, 0.25) is 0 Å². The molecule has 1 aromatic carbocycles. The SMILES string of the molecule is CNC(C)c1cccn1Cc1ccc(C(=O)OC)cc1. The molecule has 4 nitrogen and oxygen atoms in total. The average Bonchev–Trinajstić information content (AvgIpc) is 2.94. The quantitative estimate of drug-likeness (QED) is 0.851. The first-order chi connectivity index (χ1) is 9.65. The lowest BCUT2D eigenvalue weighted by Gasteiger charge is -2.15. The Hall–Kier alpha value is -2.07. The Balaban J connectivity index is 2.14. The van der Waals surface area contributed by atoms with Gasteiger partial charge in [0.05, 0.1) is 12.7 Å². The van der Waals surface area contributed by atoms with Crippen molar-refractivity contribution in [2.75, 3.05) is 14.2 Å². The van der Waals surface area contributed by atoms with E-state index in [2.05, 4.69) is 29.1 Å². The van der Waals surface area contributed by atoms with E-state index in [1.54, 1.807) is 12.1 Å². The second-order valence-electron chi connectivity index (χ2n) is 4.76. The highest BCUT2D eigenvalue weighted by Crippen LogP contribution is 2.15. The summed E-state index contributed by atoms with van der Waals surface area (Å²) in [6.45, 7) is 2.92. The summed E-state index contributed by atoms with van der Waals surface area (Å²) in [4.78, 5) is 11.4. The van der Waals surface area contributed by atoms with Crippen molar-refractivity contribution in [3.63, 3.8) is 0 Å². The molecule has 1 N–H and O–H groups in total. The van der Waals surface area contributed by atoms with Crippen molar-refractivity contribution in [2.24, 2.45) is 0 Å². The number of esters is 1. The van der Waals surface area contributed by atoms with Crippen LogP contribution in [0.4, 0.5) is 0 Å². The number of hydrogen-bond donors (Lipinski definition) is 1. The molecule has 4 heteroatoms. The van der Waals surface area contributed by atoms with Crippen LogP contribution in [-0.4, -0.2) is 24.7 Å². The fraction of sp³-hybridized carbons (Fsp3) is 0.312. The van der Waals surface area contributed by atoms with Gasteiger partial charge in [-0.15, -0.1) is 0 Å². The molecular weight excluding hydrogens is 252 g/mol. The summed E-state index contributed by atoms with van der Waals surface area (Å²) in [6.07, 6.45) is 2.07. The first-order valence-corrected chi connectivity index (χ1v) is 6.65. The molecule has 0 fully saturated rings. The van der Waals surface area contributed by atoms with Crippen LogP contribution in [0, 0.1) is 0 Å². The van der Waals surface area contributed by atoms with Crippen molar-refractivity contribution in [3.05, 3.63) is 59.4 Å². The number of nitrogens with zero attached hydrogens (tertiary/aromatic N) is 1. The molecular formula is C16H20N2O2. The van der Waals surface area contributed by atoms with E-state index in [0.717, 1.165) is 12.1 Å². The molecule has 1 atom stereocenters. The van der Waals surface area contributed by atoms with E-state index in [1.165, 1.54) is 12.8 Å². The van der Waals surface area contributed by atoms with Crippen molar-refractivity contribution in [2.45, 2.75) is 19.5 Å². The van der Waals surface area contributed by atoms with Crippen LogP contribution >= 0.6 is 0 Å². The van der Waals surface area contributed by atoms with Gasteiger partial charge in [0.2, 0.25) is 0 Å². The predicted molar refractivity (Wildman–Crippen MR) is 78.8 cm³/mol. The molecule has 1 heterocycles. The van der Waals surface area contributed by atoms with Gasteiger partial charge in [-0.1, -0.05) is 12.1 Å². The second kappa shape index (κ2) is 6.39. The Kier molecular flexibility index (Phi) is 4.58. The topological polar surface area (TPSA) is 43.3 Å². The van der Waals surface area contributed by atoms with Gasteiger partial charge < -0.3 is 14.6 Å². The highest BCUT2D eigenvalue weighted by Gasteiger charge is 2.09. The van der Waals surface area contributed by atoms with Crippen molar-refractivity contribution in [1.82, 2.24) is 9.88 Å². The van der Waals surface area contributed by atoms with Gasteiger partial charge in [-0.2, -0.15) is 0 Å². The Morgan fingerprint density at radius 3 is 2.60 bits per heavy atom. The molecule has 0 bridgehead atoms. The lowest BCUT2D eigenvalue weighted by Crippen LogP contribution is -2.16. The Bertz CT molecular complexity index is 572. The molecule has 2 rings (SSSR count). The molecule has 2 aromatic rings. The third-order valence-corrected chi connectivity index (χ3v) is 3.47. The molecule has 1 unspecified atom stereocenters. The highest BCUT2D eigenvalue weighted by atomic mass is 16.5. The molecule has 0 saturated heterocycles. The molecule has 0 radical (unpaired) electrons. The molecule has 0 aliphatic rings. The average molecular weight is 272 g/mol. The van der Waals surface area contributed by atoms with Crippen molar-refractivity contribution in [3.8, 4) is 0 Å². The van der Waals surface area contributed by atoms with Crippen LogP contribution in [0.15, 0.2) is 42.6 Å². The summed E-state index contributed by atoms with van der Waals surface area (Å²) in [5.74, 6) is -0.304. The zero-order valence-corrected chi connectivity index (χ0v) is 12.1. The van der Waals surface area contributed by atoms with E-state index >= 15 is 0 Å². The number of methoxy groups -OCH3 is 1. The molecule has 20 heavy (non-hydrogen) atoms. The Morgan fingerprint density at radius 1 is 1.30 bits per heavy atom. The third-order valence-electron chi connectivity index (χ3n) is 3.47. The molecule has 0 spiro atoms. The van der Waals surface area contributed by atoms with Gasteiger partial charge in [-0.3, -0.25) is 0 Å². The van der Waals surface area contributed by atoms with Gasteiger partial charge in [-0.05, 0) is 43.8 Å². The number of rotatable bonds is 5. The van der Waals surface area contributed by atoms with Crippen LogP contribution in [-0.2, 0) is 11.3 Å². The normalized spacial score (nSPS) is 12.2. The van der Waals surface area contributed by atoms with Crippen molar-refractivity contribution in [1.29, 1.82) is 0 Å². The standard InChI is InChI=1S/C16H20N2O2/c1-12(17-2)15-5-4-10-18(15)11-13-6-8-14(9-7-13)16(19)20-3/h4-10,12,17H,11H2,1-3H3. The summed E-state index contributed by atoms with van der Waals surface area (Å²) in [7, 11) is 3.34. The van der Waals surface area contributed by atoms with Gasteiger partial charge in [0, 0.05) is 24.5 Å². The maximum absolute atomic E-state index is 11.4. The lowest BCUT2D eigenvalue weighted by atomic mass is 10.1. The number of ether oxygens (including phenoxy) is 1. The van der Waals surface area contributed by atoms with Crippen LogP contribution < -0.4 is 5.32 Å². The third kappa shape index (κ3) is 3.08. The largest absolute Gasteiger partial charge is 0.465 e. The van der Waals surface area contributed by atoms with E-state index in [4.69, 9.17) is 4.74 Å². The molecule has 0 aliphatic heterocycles. The minimum absolute atomic E-state index is 0.304. The number of nitrogens with one attached hydrogen (secondary N) is 1. The van der Waals surface area contributed by atoms with Gasteiger partial charge in [0.1, 0.15) is 0 Å². The summed E-state index contributed by atoms with van der Waals surface area (Å²) >= 11 is 0. The zero-order valence-electron chi connectivity index (χ0n) is 12.1. The number of carbonyl (C=O) groups is 1. The summed E-state index contributed by atoms with van der Waals surface area (Å²) < 4.78 is 6.90. The number of benzene rings is 1. The monoisotopic (exact) mass is 272 g/mol. The summed E-state index contributed by atoms with van der Waals surface area (Å²) in [6, 6.07) is 12.0. The van der Waals surface area contributed by atoms with E-state index in [1.807, 2.05) is 25.2 Å². The first kappa shape index (κ1) is 14.3. The van der Waals surface area contributed by atoms with Gasteiger partial charge in [0.25, 0.3) is 0 Å². The van der Waals surface area contributed by atoms with E-state index in [-0.39, 0.29) is 5.97 Å². The number of hydrogen-bond acceptors (Lipinski definition) is 3. The fourth-order valence-electron chi connectivity index (χ4n) is 2.17. The van der Waals surface area contributed by atoms with Gasteiger partial charge in [0.15, 0.2) is 0 Å². The highest BCUT2D eigenvalue weighted by molar-refractivity contribution is 5.89. The van der Waals surface area contributed by atoms with E-state index in [9.17, 15) is 4.79 Å². The van der Waals surface area contributed by atoms with E-state index < -0.39 is 0 Å². The predicted octanol–water partition coefficient (Wildman–Crippen LogP) is 2.60. The van der Waals surface area contributed by atoms with Crippen molar-refractivity contribution >= 4 is 5.97 Å². The van der Waals surface area contributed by atoms with Crippen LogP contribution in [0.25, 0.3) is 0 Å². The molecule has 106 valence electrons. The lowest BCUT2D eigenvalue weighted by molar-refractivity contribution is 0.0600. The minimum Gasteiger partial charge on any atom is -0.465 e. The molecule has 0 amide bonds. The van der Waals surface area contributed by atoms with Crippen molar-refractivity contribution < 1.29 is 9.53 Å². The maximum Gasteiger partial charge on any atom is 0.337 e. The summed E-state index contributed by atoms with van der Waals surface area (Å²) in [5.41, 5.74) is 2.97. The number of carbonyl (C=O) groups excluding carboxylic acids is 1. The van der Waals surface area contributed by atoms with Crippen LogP contribution in [0.5, 0.6) is 0 Å². The Labute approximate surface area is 119 Å².